The van der Waals surface area contributed by atoms with Gasteiger partial charge in [-0.2, -0.15) is 0 Å². The predicted octanol–water partition coefficient (Wildman–Crippen LogP) is -1.01. The number of Topliss-reactive ketones (excluding diaryl/α,β-unsaturated/α-hetero) is 1. The Morgan fingerprint density at radius 1 is 1.80 bits per heavy atom. The Bertz CT molecular complexity index is 124. The molecular formula is C6H11NO3. The molecule has 0 aromatic carbocycles. The number of likely N-dealkylation sites (N-methyl/N-ethyl adjacent to an activating group) is 1. The van der Waals surface area contributed by atoms with Crippen molar-refractivity contribution in [1.82, 2.24) is 5.32 Å². The smallest absolute Gasteiger partial charge is 0.182 e. The number of nitrogens with one attached hydrogen (secondary N) is 1. The minimum Gasteiger partial charge on any atom is -0.377 e. The van der Waals surface area contributed by atoms with Crippen molar-refractivity contribution in [1.29, 1.82) is 0 Å². The van der Waals surface area contributed by atoms with Gasteiger partial charge in [0.25, 0.3) is 0 Å². The highest BCUT2D eigenvalue weighted by Gasteiger charge is 2.13. The van der Waals surface area contributed by atoms with Gasteiger partial charge in [-0.3, -0.25) is 4.79 Å². The zero-order valence-corrected chi connectivity index (χ0v) is 6.09. The molecule has 1 atom stereocenters. The first-order valence-corrected chi connectivity index (χ1v) is 2.90. The van der Waals surface area contributed by atoms with Gasteiger partial charge < -0.3 is 14.8 Å². The molecule has 0 fully saturated rings. The van der Waals surface area contributed by atoms with Crippen LogP contribution in [0, 0.1) is 0 Å². The third-order valence-corrected chi connectivity index (χ3v) is 1.08. The number of hydrogen-bond donors (Lipinski definition) is 1. The lowest BCUT2D eigenvalue weighted by molar-refractivity contribution is -0.127. The van der Waals surface area contributed by atoms with Gasteiger partial charge in [-0.05, 0) is 7.05 Å². The lowest BCUT2D eigenvalue weighted by Crippen LogP contribution is -2.37. The molecule has 1 unspecified atom stereocenters. The molecule has 4 heteroatoms. The number of carbonyl (C=O) groups excluding carboxylic acids is 2. The Kier molecular flexibility index (Phi) is 4.70. The van der Waals surface area contributed by atoms with Crippen LogP contribution < -0.4 is 5.32 Å². The van der Waals surface area contributed by atoms with Gasteiger partial charge in [0.2, 0.25) is 0 Å². The summed E-state index contributed by atoms with van der Waals surface area (Å²) in [6.45, 7) is -0.0236. The summed E-state index contributed by atoms with van der Waals surface area (Å²) in [7, 11) is 2.96. The van der Waals surface area contributed by atoms with E-state index in [1.54, 1.807) is 7.05 Å². The lowest BCUT2D eigenvalue weighted by atomic mass is 10.2. The molecule has 0 amide bonds. The normalized spacial score (nSPS) is 12.6. The minimum atomic E-state index is -0.722. The molecule has 0 radical (unpaired) electrons. The van der Waals surface area contributed by atoms with Crippen LogP contribution in [0.15, 0.2) is 0 Å². The van der Waals surface area contributed by atoms with E-state index in [2.05, 4.69) is 10.1 Å². The maximum absolute atomic E-state index is 10.8. The van der Waals surface area contributed by atoms with Crippen LogP contribution in [0.25, 0.3) is 0 Å². The first kappa shape index (κ1) is 9.26. The van der Waals surface area contributed by atoms with Gasteiger partial charge in [0, 0.05) is 7.11 Å². The van der Waals surface area contributed by atoms with Crippen LogP contribution in [0.2, 0.25) is 0 Å². The second-order valence-corrected chi connectivity index (χ2v) is 1.80. The van der Waals surface area contributed by atoms with Gasteiger partial charge in [0.05, 0.1) is 0 Å². The average molecular weight is 145 g/mol. The Morgan fingerprint density at radius 2 is 2.40 bits per heavy atom. The molecule has 0 bridgehead atoms. The molecule has 0 rings (SSSR count). The van der Waals surface area contributed by atoms with E-state index in [1.165, 1.54) is 7.11 Å². The number of hydrogen-bond acceptors (Lipinski definition) is 4. The lowest BCUT2D eigenvalue weighted by Gasteiger charge is -2.05. The number of methoxy groups -OCH3 is 1. The second kappa shape index (κ2) is 5.08. The summed E-state index contributed by atoms with van der Waals surface area (Å²) in [5, 5.41) is 2.54. The van der Waals surface area contributed by atoms with Crippen LogP contribution >= 0.6 is 0 Å². The molecule has 0 aromatic rings. The van der Waals surface area contributed by atoms with Gasteiger partial charge in [0.1, 0.15) is 18.9 Å². The van der Waals surface area contributed by atoms with Crippen molar-refractivity contribution >= 4 is 12.1 Å². The van der Waals surface area contributed by atoms with Crippen molar-refractivity contribution in [2.75, 3.05) is 20.8 Å². The van der Waals surface area contributed by atoms with Gasteiger partial charge in [0.15, 0.2) is 5.78 Å². The minimum absolute atomic E-state index is 0.0236. The summed E-state index contributed by atoms with van der Waals surface area (Å²) >= 11 is 0. The van der Waals surface area contributed by atoms with Crippen molar-refractivity contribution in [2.45, 2.75) is 6.04 Å². The molecule has 1 N–H and O–H groups in total. The molecule has 10 heavy (non-hydrogen) atoms. The molecule has 0 aliphatic carbocycles. The monoisotopic (exact) mass is 145 g/mol. The van der Waals surface area contributed by atoms with Crippen molar-refractivity contribution in [3.05, 3.63) is 0 Å². The van der Waals surface area contributed by atoms with Gasteiger partial charge >= 0.3 is 0 Å². The molecule has 0 saturated heterocycles. The summed E-state index contributed by atoms with van der Waals surface area (Å²) in [5.74, 6) is -0.250. The van der Waals surface area contributed by atoms with E-state index in [-0.39, 0.29) is 12.4 Å². The molecule has 0 heterocycles. The Labute approximate surface area is 59.6 Å². The van der Waals surface area contributed by atoms with E-state index < -0.39 is 6.04 Å². The summed E-state index contributed by atoms with van der Waals surface area (Å²) in [5.41, 5.74) is 0. The molecule has 0 aliphatic heterocycles. The Morgan fingerprint density at radius 3 is 2.70 bits per heavy atom. The van der Waals surface area contributed by atoms with E-state index in [0.29, 0.717) is 6.29 Å². The van der Waals surface area contributed by atoms with Gasteiger partial charge in [-0.25, -0.2) is 0 Å². The number of aldehydes is 1. The number of ether oxygens (including phenoxy) is 1. The third-order valence-electron chi connectivity index (χ3n) is 1.08. The highest BCUT2D eigenvalue weighted by atomic mass is 16.5. The molecular weight excluding hydrogens is 134 g/mol. The standard InChI is InChI=1S/C6H11NO3/c1-7-5(3-8)6(9)4-10-2/h3,5,7H,4H2,1-2H3. The van der Waals surface area contributed by atoms with E-state index in [9.17, 15) is 9.59 Å². The highest BCUT2D eigenvalue weighted by Crippen LogP contribution is 1.81. The maximum Gasteiger partial charge on any atom is 0.182 e. The molecule has 0 aromatic heterocycles. The van der Waals surface area contributed by atoms with E-state index in [4.69, 9.17) is 0 Å². The van der Waals surface area contributed by atoms with E-state index >= 15 is 0 Å². The SMILES string of the molecule is CNC(C=O)C(=O)COC. The number of carbonyl (C=O) groups is 2. The summed E-state index contributed by atoms with van der Waals surface area (Å²) < 4.78 is 4.54. The van der Waals surface area contributed by atoms with Crippen LogP contribution in [-0.2, 0) is 14.3 Å². The largest absolute Gasteiger partial charge is 0.377 e. The Hall–Kier alpha value is -0.740. The van der Waals surface area contributed by atoms with Gasteiger partial charge in [-0.1, -0.05) is 0 Å². The van der Waals surface area contributed by atoms with E-state index in [1.807, 2.05) is 0 Å². The molecule has 0 saturated carbocycles. The van der Waals surface area contributed by atoms with Crippen LogP contribution in [0.1, 0.15) is 0 Å². The molecule has 0 spiro atoms. The number of ketones is 1. The summed E-state index contributed by atoms with van der Waals surface area (Å²) in [6, 6.07) is -0.722. The van der Waals surface area contributed by atoms with Crippen LogP contribution in [-0.4, -0.2) is 38.9 Å². The molecule has 58 valence electrons. The molecule has 4 nitrogen and oxygen atoms in total. The highest BCUT2D eigenvalue weighted by molar-refractivity contribution is 5.98. The fourth-order valence-corrected chi connectivity index (χ4v) is 0.537. The van der Waals surface area contributed by atoms with Gasteiger partial charge in [-0.15, -0.1) is 0 Å². The zero-order valence-electron chi connectivity index (χ0n) is 6.09. The average Bonchev–Trinajstić information content (AvgIpc) is 1.91. The van der Waals surface area contributed by atoms with Crippen molar-refractivity contribution < 1.29 is 14.3 Å². The first-order valence-electron chi connectivity index (χ1n) is 2.90. The van der Waals surface area contributed by atoms with E-state index in [0.717, 1.165) is 0 Å². The maximum atomic E-state index is 10.8. The summed E-state index contributed by atoms with van der Waals surface area (Å²) in [4.78, 5) is 20.9. The van der Waals surface area contributed by atoms with Crippen molar-refractivity contribution in [3.63, 3.8) is 0 Å². The Balaban J connectivity index is 3.76. The summed E-state index contributed by atoms with van der Waals surface area (Å²) in [6.07, 6.45) is 0.557. The zero-order chi connectivity index (χ0) is 7.98. The fourth-order valence-electron chi connectivity index (χ4n) is 0.537. The van der Waals surface area contributed by atoms with Crippen molar-refractivity contribution in [2.24, 2.45) is 0 Å². The van der Waals surface area contributed by atoms with Crippen LogP contribution in [0.3, 0.4) is 0 Å². The van der Waals surface area contributed by atoms with Crippen LogP contribution in [0.5, 0.6) is 0 Å². The second-order valence-electron chi connectivity index (χ2n) is 1.80. The fraction of sp³-hybridized carbons (Fsp3) is 0.667. The number of rotatable bonds is 5. The van der Waals surface area contributed by atoms with Crippen molar-refractivity contribution in [3.8, 4) is 0 Å². The third kappa shape index (κ3) is 2.70. The topological polar surface area (TPSA) is 55.4 Å². The molecule has 0 aliphatic rings. The van der Waals surface area contributed by atoms with Crippen LogP contribution in [0.4, 0.5) is 0 Å². The quantitative estimate of drug-likeness (QED) is 0.398. The predicted molar refractivity (Wildman–Crippen MR) is 35.8 cm³/mol. The first-order chi connectivity index (χ1) is 4.76.